The van der Waals surface area contributed by atoms with Crippen LogP contribution < -0.4 is 0 Å². The zero-order valence-corrected chi connectivity index (χ0v) is 13.0. The maximum Gasteiger partial charge on any atom is 0.160 e. The number of thioether (sulfide) groups is 1. The standard InChI is InChI=1S/C16H21N3OS/c1-2-9-21-14(5-1)16-18-13-4-3-7-17-15(13)19(16)10-12-6-8-20-11-12/h3-4,7,12,14H,1-2,5-6,8-11H2. The maximum atomic E-state index is 5.54. The van der Waals surface area contributed by atoms with Crippen LogP contribution in [0.15, 0.2) is 18.3 Å². The normalized spacial score (nSPS) is 26.5. The Bertz CT molecular complexity index is 615. The van der Waals surface area contributed by atoms with Gasteiger partial charge in [-0.1, -0.05) is 6.42 Å². The summed E-state index contributed by atoms with van der Waals surface area (Å²) in [6.07, 6.45) is 6.94. The second-order valence-corrected chi connectivity index (χ2v) is 7.32. The van der Waals surface area contributed by atoms with Crippen molar-refractivity contribution < 1.29 is 4.74 Å². The molecule has 2 fully saturated rings. The van der Waals surface area contributed by atoms with Crippen LogP contribution in [0.5, 0.6) is 0 Å². The third-order valence-electron chi connectivity index (χ3n) is 4.47. The van der Waals surface area contributed by atoms with Gasteiger partial charge >= 0.3 is 0 Å². The zero-order chi connectivity index (χ0) is 14.1. The van der Waals surface area contributed by atoms with Gasteiger partial charge in [0.15, 0.2) is 5.65 Å². The number of imidazole rings is 1. The van der Waals surface area contributed by atoms with Crippen LogP contribution in [0.3, 0.4) is 0 Å². The Hall–Kier alpha value is -1.07. The molecule has 112 valence electrons. The summed E-state index contributed by atoms with van der Waals surface area (Å²) < 4.78 is 7.92. The van der Waals surface area contributed by atoms with Crippen molar-refractivity contribution in [2.45, 2.75) is 37.5 Å². The molecule has 2 atom stereocenters. The minimum Gasteiger partial charge on any atom is -0.381 e. The predicted molar refractivity (Wildman–Crippen MR) is 85.5 cm³/mol. The molecule has 21 heavy (non-hydrogen) atoms. The number of ether oxygens (including phenoxy) is 1. The summed E-state index contributed by atoms with van der Waals surface area (Å²) >= 11 is 2.06. The van der Waals surface area contributed by atoms with E-state index in [1.54, 1.807) is 0 Å². The van der Waals surface area contributed by atoms with Gasteiger partial charge < -0.3 is 9.30 Å². The first-order valence-corrected chi connectivity index (χ1v) is 8.97. The molecule has 4 nitrogen and oxygen atoms in total. The van der Waals surface area contributed by atoms with Crippen molar-refractivity contribution in [3.05, 3.63) is 24.2 Å². The molecule has 0 radical (unpaired) electrons. The molecular formula is C16H21N3OS. The monoisotopic (exact) mass is 303 g/mol. The molecule has 4 rings (SSSR count). The van der Waals surface area contributed by atoms with E-state index < -0.39 is 0 Å². The zero-order valence-electron chi connectivity index (χ0n) is 12.2. The van der Waals surface area contributed by atoms with Gasteiger partial charge in [-0.25, -0.2) is 9.97 Å². The Morgan fingerprint density at radius 1 is 1.33 bits per heavy atom. The average Bonchev–Trinajstić information content (AvgIpc) is 3.17. The van der Waals surface area contributed by atoms with Crippen LogP contribution in [-0.2, 0) is 11.3 Å². The summed E-state index contributed by atoms with van der Waals surface area (Å²) in [4.78, 5) is 9.51. The molecule has 0 N–H and O–H groups in total. The molecule has 2 aromatic heterocycles. The lowest BCUT2D eigenvalue weighted by Gasteiger charge is -2.22. The summed E-state index contributed by atoms with van der Waals surface area (Å²) in [6.45, 7) is 2.78. The molecule has 5 heteroatoms. The maximum absolute atomic E-state index is 5.54. The van der Waals surface area contributed by atoms with Gasteiger partial charge in [-0.2, -0.15) is 11.8 Å². The van der Waals surface area contributed by atoms with Crippen molar-refractivity contribution in [1.29, 1.82) is 0 Å². The van der Waals surface area contributed by atoms with Gasteiger partial charge in [0.25, 0.3) is 0 Å². The quantitative estimate of drug-likeness (QED) is 0.871. The molecule has 2 aromatic rings. The van der Waals surface area contributed by atoms with E-state index in [2.05, 4.69) is 27.4 Å². The summed E-state index contributed by atoms with van der Waals surface area (Å²) in [6, 6.07) is 4.07. The summed E-state index contributed by atoms with van der Waals surface area (Å²) in [5.41, 5.74) is 2.09. The van der Waals surface area contributed by atoms with Crippen molar-refractivity contribution in [3.8, 4) is 0 Å². The van der Waals surface area contributed by atoms with Crippen LogP contribution in [0.1, 0.15) is 36.8 Å². The Morgan fingerprint density at radius 2 is 2.33 bits per heavy atom. The first kappa shape index (κ1) is 13.6. The van der Waals surface area contributed by atoms with Crippen LogP contribution in [0.2, 0.25) is 0 Å². The lowest BCUT2D eigenvalue weighted by Crippen LogP contribution is -2.16. The van der Waals surface area contributed by atoms with Crippen molar-refractivity contribution in [2.24, 2.45) is 5.92 Å². The second kappa shape index (κ2) is 5.97. The SMILES string of the molecule is c1cnc2c(c1)nc(C1CCCCS1)n2CC1CCOC1. The fourth-order valence-corrected chi connectivity index (χ4v) is 4.65. The van der Waals surface area contributed by atoms with Crippen LogP contribution in [0, 0.1) is 5.92 Å². The number of aromatic nitrogens is 3. The molecule has 0 bridgehead atoms. The highest BCUT2D eigenvalue weighted by Crippen LogP contribution is 2.39. The molecule has 0 amide bonds. The number of hydrogen-bond acceptors (Lipinski definition) is 4. The third-order valence-corrected chi connectivity index (χ3v) is 5.84. The smallest absolute Gasteiger partial charge is 0.160 e. The van der Waals surface area contributed by atoms with Gasteiger partial charge in [0.1, 0.15) is 11.3 Å². The van der Waals surface area contributed by atoms with Gasteiger partial charge in [0.2, 0.25) is 0 Å². The topological polar surface area (TPSA) is 39.9 Å². The third kappa shape index (κ3) is 2.69. The Kier molecular flexibility index (Phi) is 3.86. The van der Waals surface area contributed by atoms with E-state index in [9.17, 15) is 0 Å². The van der Waals surface area contributed by atoms with Crippen molar-refractivity contribution in [2.75, 3.05) is 19.0 Å². The van der Waals surface area contributed by atoms with Gasteiger partial charge in [-0.05, 0) is 37.1 Å². The van der Waals surface area contributed by atoms with E-state index in [1.807, 2.05) is 12.3 Å². The van der Waals surface area contributed by atoms with E-state index >= 15 is 0 Å². The van der Waals surface area contributed by atoms with Crippen molar-refractivity contribution >= 4 is 22.9 Å². The molecule has 0 aliphatic carbocycles. The summed E-state index contributed by atoms with van der Waals surface area (Å²) in [7, 11) is 0. The van der Waals surface area contributed by atoms with Crippen LogP contribution >= 0.6 is 11.8 Å². The van der Waals surface area contributed by atoms with Crippen LogP contribution in [-0.4, -0.2) is 33.5 Å². The van der Waals surface area contributed by atoms with E-state index in [0.717, 1.165) is 37.3 Å². The molecule has 4 heterocycles. The molecular weight excluding hydrogens is 282 g/mol. The second-order valence-electron chi connectivity index (χ2n) is 6.01. The first-order valence-electron chi connectivity index (χ1n) is 7.92. The summed E-state index contributed by atoms with van der Waals surface area (Å²) in [5.74, 6) is 3.10. The molecule has 2 unspecified atom stereocenters. The molecule has 2 saturated heterocycles. The number of hydrogen-bond donors (Lipinski definition) is 0. The highest BCUT2D eigenvalue weighted by molar-refractivity contribution is 7.99. The molecule has 2 aliphatic rings. The predicted octanol–water partition coefficient (Wildman–Crippen LogP) is 3.43. The van der Waals surface area contributed by atoms with Gasteiger partial charge in [-0.3, -0.25) is 0 Å². The van der Waals surface area contributed by atoms with E-state index in [4.69, 9.17) is 9.72 Å². The Balaban J connectivity index is 1.72. The first-order chi connectivity index (χ1) is 10.4. The molecule has 0 spiro atoms. The minimum atomic E-state index is 0.537. The fraction of sp³-hybridized carbons (Fsp3) is 0.625. The molecule has 2 aliphatic heterocycles. The minimum absolute atomic E-state index is 0.537. The highest BCUT2D eigenvalue weighted by Gasteiger charge is 2.26. The molecule has 0 saturated carbocycles. The number of pyridine rings is 1. The lowest BCUT2D eigenvalue weighted by molar-refractivity contribution is 0.182. The lowest BCUT2D eigenvalue weighted by atomic mass is 10.1. The van der Waals surface area contributed by atoms with E-state index in [-0.39, 0.29) is 0 Å². The van der Waals surface area contributed by atoms with Crippen molar-refractivity contribution in [3.63, 3.8) is 0 Å². The van der Waals surface area contributed by atoms with Gasteiger partial charge in [0.05, 0.1) is 11.9 Å². The van der Waals surface area contributed by atoms with E-state index in [0.29, 0.717) is 11.2 Å². The van der Waals surface area contributed by atoms with Crippen LogP contribution in [0.4, 0.5) is 0 Å². The average molecular weight is 303 g/mol. The van der Waals surface area contributed by atoms with Crippen molar-refractivity contribution in [1.82, 2.24) is 14.5 Å². The number of rotatable bonds is 3. The van der Waals surface area contributed by atoms with E-state index in [1.165, 1.54) is 30.8 Å². The van der Waals surface area contributed by atoms with Crippen LogP contribution in [0.25, 0.3) is 11.2 Å². The van der Waals surface area contributed by atoms with Gasteiger partial charge in [-0.15, -0.1) is 0 Å². The Morgan fingerprint density at radius 3 is 3.14 bits per heavy atom. The largest absolute Gasteiger partial charge is 0.381 e. The Labute approximate surface area is 129 Å². The van der Waals surface area contributed by atoms with Gasteiger partial charge in [0, 0.05) is 25.3 Å². The summed E-state index contributed by atoms with van der Waals surface area (Å²) in [5, 5.41) is 0.537. The highest BCUT2D eigenvalue weighted by atomic mass is 32.2. The fourth-order valence-electron chi connectivity index (χ4n) is 3.33. The number of fused-ring (bicyclic) bond motifs is 1. The molecule has 0 aromatic carbocycles. The number of nitrogens with zero attached hydrogens (tertiary/aromatic N) is 3.